The second-order valence-electron chi connectivity index (χ2n) is 7.87. The van der Waals surface area contributed by atoms with Crippen molar-refractivity contribution >= 4 is 46.6 Å². The molecule has 2 aromatic carbocycles. The van der Waals surface area contributed by atoms with Crippen molar-refractivity contribution in [1.29, 1.82) is 0 Å². The zero-order chi connectivity index (χ0) is 23.3. The number of nitrogens with one attached hydrogen (secondary N) is 1. The van der Waals surface area contributed by atoms with Gasteiger partial charge in [-0.05, 0) is 42.2 Å². The highest BCUT2D eigenvalue weighted by molar-refractivity contribution is 6.36. The highest BCUT2D eigenvalue weighted by atomic mass is 35.5. The Morgan fingerprint density at radius 3 is 2.59 bits per heavy atom. The van der Waals surface area contributed by atoms with Crippen molar-refractivity contribution in [3.63, 3.8) is 0 Å². The van der Waals surface area contributed by atoms with Gasteiger partial charge in [0.25, 0.3) is 0 Å². The predicted octanol–water partition coefficient (Wildman–Crippen LogP) is 4.71. The van der Waals surface area contributed by atoms with Crippen molar-refractivity contribution in [2.75, 3.05) is 25.0 Å². The number of benzene rings is 2. The minimum absolute atomic E-state index is 0.0607. The molecule has 0 radical (unpaired) electrons. The lowest BCUT2D eigenvalue weighted by Crippen LogP contribution is -2.44. The maximum absolute atomic E-state index is 13.2. The number of halogens is 2. The first kappa shape index (κ1) is 24.1. The zero-order valence-electron chi connectivity index (χ0n) is 18.2. The van der Waals surface area contributed by atoms with E-state index in [1.54, 1.807) is 23.1 Å². The first-order valence-electron chi connectivity index (χ1n) is 10.7. The summed E-state index contributed by atoms with van der Waals surface area (Å²) >= 11 is 12.0. The van der Waals surface area contributed by atoms with E-state index in [9.17, 15) is 14.4 Å². The quantitative estimate of drug-likeness (QED) is 0.630. The van der Waals surface area contributed by atoms with E-state index in [2.05, 4.69) is 5.32 Å². The Morgan fingerprint density at radius 2 is 1.91 bits per heavy atom. The number of hydrogen-bond acceptors (Lipinski definition) is 3. The van der Waals surface area contributed by atoms with Crippen LogP contribution in [-0.2, 0) is 20.8 Å². The SMILES string of the molecule is CCCN(CC(=O)Nc1ccc(Cl)cc1Cl)C(=O)CC1c2ccccc2CCN1C(C)=O. The Morgan fingerprint density at radius 1 is 1.16 bits per heavy atom. The van der Waals surface area contributed by atoms with Crippen molar-refractivity contribution in [2.45, 2.75) is 39.2 Å². The molecule has 0 spiro atoms. The second kappa shape index (κ2) is 10.8. The molecule has 1 unspecified atom stereocenters. The second-order valence-corrected chi connectivity index (χ2v) is 8.71. The highest BCUT2D eigenvalue weighted by Crippen LogP contribution is 2.33. The minimum Gasteiger partial charge on any atom is -0.335 e. The van der Waals surface area contributed by atoms with Crippen LogP contribution in [0.1, 0.15) is 43.9 Å². The zero-order valence-corrected chi connectivity index (χ0v) is 19.7. The maximum atomic E-state index is 13.2. The summed E-state index contributed by atoms with van der Waals surface area (Å²) in [6, 6.07) is 12.4. The summed E-state index contributed by atoms with van der Waals surface area (Å²) in [4.78, 5) is 41.4. The van der Waals surface area contributed by atoms with Crippen LogP contribution in [0.4, 0.5) is 5.69 Å². The molecule has 1 aliphatic heterocycles. The Kier molecular flexibility index (Phi) is 8.15. The molecule has 3 amide bonds. The van der Waals surface area contributed by atoms with E-state index in [1.807, 2.05) is 31.2 Å². The summed E-state index contributed by atoms with van der Waals surface area (Å²) in [7, 11) is 0. The molecule has 0 bridgehead atoms. The third kappa shape index (κ3) is 5.81. The van der Waals surface area contributed by atoms with Gasteiger partial charge in [-0.25, -0.2) is 0 Å². The van der Waals surface area contributed by atoms with Crippen LogP contribution in [0.15, 0.2) is 42.5 Å². The van der Waals surface area contributed by atoms with E-state index in [1.165, 1.54) is 11.8 Å². The molecule has 170 valence electrons. The number of nitrogens with zero attached hydrogens (tertiary/aromatic N) is 2. The molecule has 1 aliphatic rings. The van der Waals surface area contributed by atoms with Crippen molar-refractivity contribution in [1.82, 2.24) is 9.80 Å². The highest BCUT2D eigenvalue weighted by Gasteiger charge is 2.32. The molecule has 0 saturated heterocycles. The van der Waals surface area contributed by atoms with Crippen molar-refractivity contribution in [3.05, 3.63) is 63.6 Å². The van der Waals surface area contributed by atoms with Crippen LogP contribution in [0, 0.1) is 0 Å². The smallest absolute Gasteiger partial charge is 0.244 e. The minimum atomic E-state index is -0.344. The van der Waals surface area contributed by atoms with Crippen LogP contribution in [0.25, 0.3) is 0 Å². The van der Waals surface area contributed by atoms with E-state index in [-0.39, 0.29) is 36.7 Å². The molecule has 0 aliphatic carbocycles. The third-order valence-corrected chi connectivity index (χ3v) is 6.12. The average molecular weight is 476 g/mol. The molecule has 1 atom stereocenters. The standard InChI is InChI=1S/C24H27Cl2N3O3/c1-3-11-28(15-23(31)27-21-9-8-18(25)13-20(21)26)24(32)14-22-19-7-5-4-6-17(19)10-12-29(22)16(2)30/h4-9,13,22H,3,10-12,14-15H2,1-2H3,(H,27,31). The fourth-order valence-corrected chi connectivity index (χ4v) is 4.51. The Hall–Kier alpha value is -2.57. The topological polar surface area (TPSA) is 69.7 Å². The van der Waals surface area contributed by atoms with E-state index >= 15 is 0 Å². The van der Waals surface area contributed by atoms with Gasteiger partial charge in [0.05, 0.1) is 29.7 Å². The van der Waals surface area contributed by atoms with Gasteiger partial charge >= 0.3 is 0 Å². The summed E-state index contributed by atoms with van der Waals surface area (Å²) in [5, 5.41) is 3.54. The van der Waals surface area contributed by atoms with Gasteiger partial charge in [0.1, 0.15) is 0 Å². The van der Waals surface area contributed by atoms with E-state index in [4.69, 9.17) is 23.2 Å². The van der Waals surface area contributed by atoms with E-state index in [0.717, 1.165) is 17.5 Å². The first-order valence-corrected chi connectivity index (χ1v) is 11.4. The lowest BCUT2D eigenvalue weighted by atomic mass is 9.90. The first-order chi connectivity index (χ1) is 15.3. The summed E-state index contributed by atoms with van der Waals surface area (Å²) in [6.07, 6.45) is 1.60. The molecule has 3 rings (SSSR count). The predicted molar refractivity (Wildman–Crippen MR) is 127 cm³/mol. The molecule has 0 fully saturated rings. The summed E-state index contributed by atoms with van der Waals surface area (Å²) < 4.78 is 0. The fraction of sp³-hybridized carbons (Fsp3) is 0.375. The van der Waals surface area contributed by atoms with Crippen molar-refractivity contribution in [2.24, 2.45) is 0 Å². The van der Waals surface area contributed by atoms with Crippen LogP contribution >= 0.6 is 23.2 Å². The number of rotatable bonds is 7. The third-order valence-electron chi connectivity index (χ3n) is 5.57. The van der Waals surface area contributed by atoms with Gasteiger partial charge < -0.3 is 15.1 Å². The van der Waals surface area contributed by atoms with Crippen LogP contribution in [0.2, 0.25) is 10.0 Å². The summed E-state index contributed by atoms with van der Waals surface area (Å²) in [5.74, 6) is -0.574. The number of carbonyl (C=O) groups excluding carboxylic acids is 3. The van der Waals surface area contributed by atoms with Gasteiger partial charge in [0.15, 0.2) is 0 Å². The molecular weight excluding hydrogens is 449 g/mol. The van der Waals surface area contributed by atoms with Crippen molar-refractivity contribution in [3.8, 4) is 0 Å². The van der Waals surface area contributed by atoms with Gasteiger partial charge in [0.2, 0.25) is 17.7 Å². The van der Waals surface area contributed by atoms with Crippen LogP contribution < -0.4 is 5.32 Å². The molecule has 1 N–H and O–H groups in total. The van der Waals surface area contributed by atoms with Gasteiger partial charge in [-0.1, -0.05) is 54.4 Å². The number of amides is 3. The van der Waals surface area contributed by atoms with Crippen LogP contribution in [0.5, 0.6) is 0 Å². The van der Waals surface area contributed by atoms with Gasteiger partial charge in [-0.15, -0.1) is 0 Å². The summed E-state index contributed by atoms with van der Waals surface area (Å²) in [6.45, 7) is 4.40. The summed E-state index contributed by atoms with van der Waals surface area (Å²) in [5.41, 5.74) is 2.59. The molecule has 0 saturated carbocycles. The molecule has 6 nitrogen and oxygen atoms in total. The number of carbonyl (C=O) groups is 3. The normalized spacial score (nSPS) is 15.1. The number of anilines is 1. The maximum Gasteiger partial charge on any atom is 0.244 e. The van der Waals surface area contributed by atoms with Crippen molar-refractivity contribution < 1.29 is 14.4 Å². The number of hydrogen-bond donors (Lipinski definition) is 1. The van der Waals surface area contributed by atoms with Crippen LogP contribution in [-0.4, -0.2) is 47.2 Å². The van der Waals surface area contributed by atoms with E-state index in [0.29, 0.717) is 35.2 Å². The molecule has 32 heavy (non-hydrogen) atoms. The Bertz CT molecular complexity index is 1010. The fourth-order valence-electron chi connectivity index (χ4n) is 4.06. The molecular formula is C24H27Cl2N3O3. The number of fused-ring (bicyclic) bond motifs is 1. The Labute approximate surface area is 198 Å². The molecule has 8 heteroatoms. The van der Waals surface area contributed by atoms with Crippen LogP contribution in [0.3, 0.4) is 0 Å². The lowest BCUT2D eigenvalue weighted by Gasteiger charge is -2.37. The molecule has 1 heterocycles. The van der Waals surface area contributed by atoms with Gasteiger partial charge in [0, 0.05) is 25.0 Å². The van der Waals surface area contributed by atoms with Gasteiger partial charge in [-0.2, -0.15) is 0 Å². The largest absolute Gasteiger partial charge is 0.335 e. The average Bonchev–Trinajstić information content (AvgIpc) is 2.75. The molecule has 0 aromatic heterocycles. The Balaban J connectivity index is 1.74. The van der Waals surface area contributed by atoms with Gasteiger partial charge in [-0.3, -0.25) is 14.4 Å². The lowest BCUT2D eigenvalue weighted by molar-refractivity contribution is -0.138. The monoisotopic (exact) mass is 475 g/mol. The molecule has 2 aromatic rings. The van der Waals surface area contributed by atoms with E-state index < -0.39 is 0 Å².